The summed E-state index contributed by atoms with van der Waals surface area (Å²) >= 11 is 0. The van der Waals surface area contributed by atoms with Crippen LogP contribution < -0.4 is 19.5 Å². The Bertz CT molecular complexity index is 637. The zero-order valence-electron chi connectivity index (χ0n) is 14.2. The molecule has 0 fully saturated rings. The van der Waals surface area contributed by atoms with Crippen LogP contribution in [0, 0.1) is 0 Å². The Morgan fingerprint density at radius 2 is 1.58 bits per heavy atom. The van der Waals surface area contributed by atoms with Crippen molar-refractivity contribution in [1.82, 2.24) is 0 Å². The molecule has 1 atom stereocenters. The second-order valence-corrected chi connectivity index (χ2v) is 5.30. The summed E-state index contributed by atoms with van der Waals surface area (Å²) in [5.41, 5.74) is 0.703. The van der Waals surface area contributed by atoms with Crippen molar-refractivity contribution in [1.29, 1.82) is 0 Å². The largest absolute Gasteiger partial charge is 0.497 e. The maximum absolute atomic E-state index is 12.2. The molecule has 2 rings (SSSR count). The van der Waals surface area contributed by atoms with Gasteiger partial charge in [-0.1, -0.05) is 6.92 Å². The maximum atomic E-state index is 12.2. The minimum absolute atomic E-state index is 0.215. The minimum atomic E-state index is -0.616. The van der Waals surface area contributed by atoms with Crippen molar-refractivity contribution in [2.75, 3.05) is 19.0 Å². The van der Waals surface area contributed by atoms with E-state index in [1.54, 1.807) is 38.3 Å². The number of hydrogen-bond acceptors (Lipinski definition) is 4. The topological polar surface area (TPSA) is 56.8 Å². The first-order valence-electron chi connectivity index (χ1n) is 7.96. The fraction of sp³-hybridized carbons (Fsp3) is 0.316. The number of rotatable bonds is 8. The SMILES string of the molecule is CCCOc1ccc(NC(=O)C(C)Oc2ccc(OC)cc2)cc1. The summed E-state index contributed by atoms with van der Waals surface area (Å²) in [5, 5.41) is 2.82. The van der Waals surface area contributed by atoms with E-state index in [0.717, 1.165) is 17.9 Å². The van der Waals surface area contributed by atoms with Gasteiger partial charge in [0.2, 0.25) is 0 Å². The molecule has 24 heavy (non-hydrogen) atoms. The summed E-state index contributed by atoms with van der Waals surface area (Å²) in [6.45, 7) is 4.44. The first-order valence-corrected chi connectivity index (χ1v) is 7.96. The van der Waals surface area contributed by atoms with Gasteiger partial charge >= 0.3 is 0 Å². The van der Waals surface area contributed by atoms with Gasteiger partial charge in [0.05, 0.1) is 13.7 Å². The third kappa shape index (κ3) is 5.19. The molecule has 1 amide bonds. The highest BCUT2D eigenvalue weighted by atomic mass is 16.5. The van der Waals surface area contributed by atoms with E-state index in [4.69, 9.17) is 14.2 Å². The van der Waals surface area contributed by atoms with E-state index in [1.165, 1.54) is 0 Å². The van der Waals surface area contributed by atoms with Crippen LogP contribution in [-0.2, 0) is 4.79 Å². The molecule has 1 N–H and O–H groups in total. The van der Waals surface area contributed by atoms with Gasteiger partial charge in [-0.2, -0.15) is 0 Å². The van der Waals surface area contributed by atoms with Crippen LogP contribution in [0.3, 0.4) is 0 Å². The summed E-state index contributed by atoms with van der Waals surface area (Å²) in [6, 6.07) is 14.4. The van der Waals surface area contributed by atoms with Gasteiger partial charge in [0.25, 0.3) is 5.91 Å². The molecule has 2 aromatic rings. The van der Waals surface area contributed by atoms with Crippen LogP contribution in [0.25, 0.3) is 0 Å². The fourth-order valence-corrected chi connectivity index (χ4v) is 2.01. The van der Waals surface area contributed by atoms with Crippen molar-refractivity contribution < 1.29 is 19.0 Å². The second-order valence-electron chi connectivity index (χ2n) is 5.30. The van der Waals surface area contributed by atoms with Crippen LogP contribution in [0.2, 0.25) is 0 Å². The molecule has 0 saturated heterocycles. The maximum Gasteiger partial charge on any atom is 0.265 e. The molecule has 0 aliphatic rings. The van der Waals surface area contributed by atoms with E-state index in [-0.39, 0.29) is 5.91 Å². The van der Waals surface area contributed by atoms with E-state index < -0.39 is 6.10 Å². The molecular formula is C19H23NO4. The molecule has 5 heteroatoms. The zero-order valence-corrected chi connectivity index (χ0v) is 14.2. The summed E-state index contributed by atoms with van der Waals surface area (Å²) in [4.78, 5) is 12.2. The van der Waals surface area contributed by atoms with Gasteiger partial charge < -0.3 is 19.5 Å². The summed E-state index contributed by atoms with van der Waals surface area (Å²) in [5.74, 6) is 1.93. The molecule has 0 aromatic heterocycles. The van der Waals surface area contributed by atoms with Crippen molar-refractivity contribution in [3.63, 3.8) is 0 Å². The lowest BCUT2D eigenvalue weighted by molar-refractivity contribution is -0.122. The number of nitrogens with one attached hydrogen (secondary N) is 1. The molecule has 128 valence electrons. The van der Waals surface area contributed by atoms with Gasteiger partial charge in [0, 0.05) is 5.69 Å². The lowest BCUT2D eigenvalue weighted by Gasteiger charge is -2.15. The number of amides is 1. The van der Waals surface area contributed by atoms with E-state index in [0.29, 0.717) is 18.0 Å². The summed E-state index contributed by atoms with van der Waals surface area (Å²) in [6.07, 6.45) is 0.341. The van der Waals surface area contributed by atoms with Crippen molar-refractivity contribution in [3.05, 3.63) is 48.5 Å². The molecule has 1 unspecified atom stereocenters. The van der Waals surface area contributed by atoms with Crippen LogP contribution in [0.4, 0.5) is 5.69 Å². The van der Waals surface area contributed by atoms with Crippen LogP contribution in [0.1, 0.15) is 20.3 Å². The van der Waals surface area contributed by atoms with Gasteiger partial charge in [0.1, 0.15) is 17.2 Å². The normalized spacial score (nSPS) is 11.5. The summed E-state index contributed by atoms with van der Waals surface area (Å²) < 4.78 is 16.2. The Morgan fingerprint density at radius 1 is 1.00 bits per heavy atom. The Kier molecular flexibility index (Phi) is 6.49. The Hall–Kier alpha value is -2.69. The molecule has 0 heterocycles. The Labute approximate surface area is 142 Å². The van der Waals surface area contributed by atoms with E-state index >= 15 is 0 Å². The van der Waals surface area contributed by atoms with Crippen LogP contribution in [-0.4, -0.2) is 25.7 Å². The molecule has 0 bridgehead atoms. The number of ether oxygens (including phenoxy) is 3. The second kappa shape index (κ2) is 8.82. The Balaban J connectivity index is 1.88. The number of anilines is 1. The van der Waals surface area contributed by atoms with Gasteiger partial charge in [-0.3, -0.25) is 4.79 Å². The third-order valence-electron chi connectivity index (χ3n) is 3.34. The van der Waals surface area contributed by atoms with Gasteiger partial charge in [-0.05, 0) is 61.9 Å². The molecule has 0 aliphatic carbocycles. The molecule has 2 aromatic carbocycles. The lowest BCUT2D eigenvalue weighted by atomic mass is 10.2. The van der Waals surface area contributed by atoms with E-state index in [1.807, 2.05) is 24.3 Å². The Morgan fingerprint density at radius 3 is 2.17 bits per heavy atom. The first kappa shape index (κ1) is 17.7. The smallest absolute Gasteiger partial charge is 0.265 e. The van der Waals surface area contributed by atoms with Crippen LogP contribution >= 0.6 is 0 Å². The van der Waals surface area contributed by atoms with Crippen molar-refractivity contribution in [3.8, 4) is 17.2 Å². The van der Waals surface area contributed by atoms with Crippen LogP contribution in [0.5, 0.6) is 17.2 Å². The predicted molar refractivity (Wildman–Crippen MR) is 93.9 cm³/mol. The van der Waals surface area contributed by atoms with Gasteiger partial charge in [-0.15, -0.1) is 0 Å². The molecule has 0 radical (unpaired) electrons. The third-order valence-corrected chi connectivity index (χ3v) is 3.34. The highest BCUT2D eigenvalue weighted by molar-refractivity contribution is 5.94. The van der Waals surface area contributed by atoms with Crippen LogP contribution in [0.15, 0.2) is 48.5 Å². The standard InChI is InChI=1S/C19H23NO4/c1-4-13-23-17-7-5-15(6-8-17)20-19(21)14(2)24-18-11-9-16(22-3)10-12-18/h5-12,14H,4,13H2,1-3H3,(H,20,21). The number of carbonyl (C=O) groups excluding carboxylic acids is 1. The number of benzene rings is 2. The summed E-state index contributed by atoms with van der Waals surface area (Å²) in [7, 11) is 1.60. The van der Waals surface area contributed by atoms with Gasteiger partial charge in [-0.25, -0.2) is 0 Å². The van der Waals surface area contributed by atoms with Gasteiger partial charge in [0.15, 0.2) is 6.10 Å². The average Bonchev–Trinajstić information content (AvgIpc) is 2.61. The average molecular weight is 329 g/mol. The molecule has 5 nitrogen and oxygen atoms in total. The van der Waals surface area contributed by atoms with E-state index in [9.17, 15) is 4.79 Å². The fourth-order valence-electron chi connectivity index (χ4n) is 2.01. The highest BCUT2D eigenvalue weighted by Gasteiger charge is 2.15. The predicted octanol–water partition coefficient (Wildman–Crippen LogP) is 3.89. The number of methoxy groups -OCH3 is 1. The highest BCUT2D eigenvalue weighted by Crippen LogP contribution is 2.19. The van der Waals surface area contributed by atoms with Crippen molar-refractivity contribution in [2.45, 2.75) is 26.4 Å². The van der Waals surface area contributed by atoms with Crippen molar-refractivity contribution >= 4 is 11.6 Å². The lowest BCUT2D eigenvalue weighted by Crippen LogP contribution is -2.30. The number of hydrogen-bond donors (Lipinski definition) is 1. The first-order chi connectivity index (χ1) is 11.6. The quantitative estimate of drug-likeness (QED) is 0.798. The number of carbonyl (C=O) groups is 1. The monoisotopic (exact) mass is 329 g/mol. The molecular weight excluding hydrogens is 306 g/mol. The molecule has 0 spiro atoms. The molecule has 0 aliphatic heterocycles. The zero-order chi connectivity index (χ0) is 17.4. The minimum Gasteiger partial charge on any atom is -0.497 e. The molecule has 0 saturated carbocycles. The van der Waals surface area contributed by atoms with E-state index in [2.05, 4.69) is 12.2 Å². The van der Waals surface area contributed by atoms with Crippen molar-refractivity contribution in [2.24, 2.45) is 0 Å².